The fraction of sp³-hybridized carbons (Fsp3) is 0.238. The van der Waals surface area contributed by atoms with Gasteiger partial charge >= 0.3 is 0 Å². The van der Waals surface area contributed by atoms with E-state index >= 15 is 0 Å². The maximum Gasteiger partial charge on any atom is 0.262 e. The zero-order valence-electron chi connectivity index (χ0n) is 16.0. The molecule has 3 rings (SSSR count). The number of methoxy groups -OCH3 is 1. The first-order valence-corrected chi connectivity index (χ1v) is 8.69. The van der Waals surface area contributed by atoms with E-state index in [9.17, 15) is 19.8 Å². The largest absolute Gasteiger partial charge is 0.507 e. The van der Waals surface area contributed by atoms with Crippen LogP contribution in [0.3, 0.4) is 0 Å². The van der Waals surface area contributed by atoms with E-state index in [1.807, 2.05) is 18.2 Å². The molecule has 0 bridgehead atoms. The molecule has 7 heteroatoms. The quantitative estimate of drug-likeness (QED) is 0.794. The molecule has 1 heterocycles. The highest BCUT2D eigenvalue weighted by Crippen LogP contribution is 2.40. The van der Waals surface area contributed by atoms with Gasteiger partial charge in [-0.25, -0.2) is 0 Å². The fourth-order valence-corrected chi connectivity index (χ4v) is 3.47. The van der Waals surface area contributed by atoms with Gasteiger partial charge in [-0.3, -0.25) is 9.59 Å². The standard InChI is InChI=1S/C21H22N2O5/c1-5-18(26)22(3)15-8-6-7-13-10-23(11-14(13)15)21(27)19-17(25)9-16(24)12(2)20(19)28-4/h5-9,24-25H,1,10-11H2,2-4H3. The molecular formula is C21H22N2O5. The summed E-state index contributed by atoms with van der Waals surface area (Å²) < 4.78 is 5.27. The van der Waals surface area contributed by atoms with Crippen molar-refractivity contribution >= 4 is 17.5 Å². The van der Waals surface area contributed by atoms with Crippen molar-refractivity contribution in [2.75, 3.05) is 19.1 Å². The zero-order valence-corrected chi connectivity index (χ0v) is 16.0. The Labute approximate surface area is 163 Å². The van der Waals surface area contributed by atoms with Crippen molar-refractivity contribution in [2.45, 2.75) is 20.0 Å². The molecule has 7 nitrogen and oxygen atoms in total. The maximum atomic E-state index is 13.2. The van der Waals surface area contributed by atoms with Crippen molar-refractivity contribution in [3.63, 3.8) is 0 Å². The second kappa shape index (κ2) is 7.26. The summed E-state index contributed by atoms with van der Waals surface area (Å²) in [6, 6.07) is 6.68. The summed E-state index contributed by atoms with van der Waals surface area (Å²) in [5.74, 6) is -1.02. The number of benzene rings is 2. The first-order valence-electron chi connectivity index (χ1n) is 8.69. The normalized spacial score (nSPS) is 12.5. The molecule has 0 fully saturated rings. The lowest BCUT2D eigenvalue weighted by atomic mass is 10.1. The van der Waals surface area contributed by atoms with E-state index < -0.39 is 5.91 Å². The number of carbonyl (C=O) groups is 2. The van der Waals surface area contributed by atoms with Crippen molar-refractivity contribution in [3.8, 4) is 17.2 Å². The smallest absolute Gasteiger partial charge is 0.262 e. The monoisotopic (exact) mass is 382 g/mol. The van der Waals surface area contributed by atoms with E-state index in [0.29, 0.717) is 17.8 Å². The molecule has 2 N–H and O–H groups in total. The molecule has 0 aromatic heterocycles. The number of fused-ring (bicyclic) bond motifs is 1. The number of phenols is 2. The van der Waals surface area contributed by atoms with E-state index in [4.69, 9.17) is 4.74 Å². The van der Waals surface area contributed by atoms with Crippen LogP contribution in [0, 0.1) is 6.92 Å². The molecule has 2 aromatic rings. The molecule has 0 saturated heterocycles. The summed E-state index contributed by atoms with van der Waals surface area (Å²) in [6.45, 7) is 5.73. The topological polar surface area (TPSA) is 90.3 Å². The van der Waals surface area contributed by atoms with Gasteiger partial charge in [0.2, 0.25) is 5.91 Å². The second-order valence-corrected chi connectivity index (χ2v) is 6.63. The van der Waals surface area contributed by atoms with E-state index in [1.54, 1.807) is 18.9 Å². The number of hydrogen-bond acceptors (Lipinski definition) is 5. The van der Waals surface area contributed by atoms with Gasteiger partial charge in [0.1, 0.15) is 22.8 Å². The number of carbonyl (C=O) groups excluding carboxylic acids is 2. The van der Waals surface area contributed by atoms with Gasteiger partial charge in [-0.1, -0.05) is 18.7 Å². The third kappa shape index (κ3) is 3.05. The molecule has 1 aliphatic rings. The van der Waals surface area contributed by atoms with Crippen LogP contribution >= 0.6 is 0 Å². The Morgan fingerprint density at radius 1 is 1.25 bits per heavy atom. The third-order valence-electron chi connectivity index (χ3n) is 5.01. The molecule has 1 aliphatic heterocycles. The van der Waals surface area contributed by atoms with E-state index in [-0.39, 0.29) is 35.3 Å². The highest BCUT2D eigenvalue weighted by molar-refractivity contribution is 6.02. The molecule has 0 atom stereocenters. The highest BCUT2D eigenvalue weighted by Gasteiger charge is 2.32. The summed E-state index contributed by atoms with van der Waals surface area (Å²) >= 11 is 0. The number of hydrogen-bond donors (Lipinski definition) is 2. The van der Waals surface area contributed by atoms with Gasteiger partial charge in [-0.05, 0) is 24.6 Å². The molecular weight excluding hydrogens is 360 g/mol. The number of amides is 2. The number of phenolic OH excluding ortho intramolecular Hbond substituents is 2. The summed E-state index contributed by atoms with van der Waals surface area (Å²) in [5.41, 5.74) is 2.86. The van der Waals surface area contributed by atoms with Crippen molar-refractivity contribution in [3.05, 3.63) is 59.2 Å². The van der Waals surface area contributed by atoms with Crippen LogP contribution in [-0.4, -0.2) is 41.1 Å². The van der Waals surface area contributed by atoms with Gasteiger partial charge in [-0.15, -0.1) is 0 Å². The van der Waals surface area contributed by atoms with Crippen LogP contribution < -0.4 is 9.64 Å². The van der Waals surface area contributed by atoms with Gasteiger partial charge in [0.15, 0.2) is 0 Å². The van der Waals surface area contributed by atoms with Gasteiger partial charge < -0.3 is 24.7 Å². The number of ether oxygens (including phenoxy) is 1. The fourth-order valence-electron chi connectivity index (χ4n) is 3.47. The van der Waals surface area contributed by atoms with Crippen molar-refractivity contribution in [1.82, 2.24) is 4.90 Å². The Morgan fingerprint density at radius 3 is 2.61 bits per heavy atom. The highest BCUT2D eigenvalue weighted by atomic mass is 16.5. The molecule has 2 amide bonds. The van der Waals surface area contributed by atoms with Crippen molar-refractivity contribution in [2.24, 2.45) is 0 Å². The van der Waals surface area contributed by atoms with Crippen LogP contribution in [0.2, 0.25) is 0 Å². The number of likely N-dealkylation sites (N-methyl/N-ethyl adjacent to an activating group) is 1. The SMILES string of the molecule is C=CC(=O)N(C)c1cccc2c1CN(C(=O)c1c(O)cc(O)c(C)c1OC)C2. The maximum absolute atomic E-state index is 13.2. The molecule has 0 aliphatic carbocycles. The lowest BCUT2D eigenvalue weighted by Gasteiger charge is -2.21. The van der Waals surface area contributed by atoms with Gasteiger partial charge in [-0.2, -0.15) is 0 Å². The Bertz CT molecular complexity index is 983. The number of rotatable bonds is 4. The Hall–Kier alpha value is -3.48. The lowest BCUT2D eigenvalue weighted by Crippen LogP contribution is -2.27. The molecule has 28 heavy (non-hydrogen) atoms. The van der Waals surface area contributed by atoms with Crippen molar-refractivity contribution < 1.29 is 24.5 Å². The van der Waals surface area contributed by atoms with Crippen LogP contribution in [0.4, 0.5) is 5.69 Å². The summed E-state index contributed by atoms with van der Waals surface area (Å²) in [7, 11) is 3.03. The van der Waals surface area contributed by atoms with Crippen molar-refractivity contribution in [1.29, 1.82) is 0 Å². The molecule has 0 spiro atoms. The minimum Gasteiger partial charge on any atom is -0.507 e. The van der Waals surface area contributed by atoms with Gasteiger partial charge in [0.05, 0.1) is 7.11 Å². The van der Waals surface area contributed by atoms with E-state index in [0.717, 1.165) is 17.2 Å². The van der Waals surface area contributed by atoms with Crippen LogP contribution in [0.15, 0.2) is 36.9 Å². The minimum atomic E-state index is -0.419. The number of anilines is 1. The molecule has 0 radical (unpaired) electrons. The lowest BCUT2D eigenvalue weighted by molar-refractivity contribution is -0.113. The zero-order chi connectivity index (χ0) is 20.6. The summed E-state index contributed by atoms with van der Waals surface area (Å²) in [4.78, 5) is 28.2. The molecule has 2 aromatic carbocycles. The average molecular weight is 382 g/mol. The predicted octanol–water partition coefficient (Wildman–Crippen LogP) is 2.72. The summed E-state index contributed by atoms with van der Waals surface area (Å²) in [6.07, 6.45) is 1.24. The van der Waals surface area contributed by atoms with E-state index in [1.165, 1.54) is 18.1 Å². The van der Waals surface area contributed by atoms with Gasteiger partial charge in [0, 0.05) is 43.0 Å². The Balaban J connectivity index is 1.98. The van der Waals surface area contributed by atoms with Crippen LogP contribution in [-0.2, 0) is 17.9 Å². The number of nitrogens with zero attached hydrogens (tertiary/aromatic N) is 2. The average Bonchev–Trinajstić information content (AvgIpc) is 3.13. The molecule has 0 unspecified atom stereocenters. The predicted molar refractivity (Wildman–Crippen MR) is 105 cm³/mol. The van der Waals surface area contributed by atoms with E-state index in [2.05, 4.69) is 6.58 Å². The Kier molecular flexibility index (Phi) is 5.00. The minimum absolute atomic E-state index is 0.00248. The molecule has 146 valence electrons. The first kappa shape index (κ1) is 19.3. The first-order chi connectivity index (χ1) is 13.3. The Morgan fingerprint density at radius 2 is 1.96 bits per heavy atom. The van der Waals surface area contributed by atoms with Crippen LogP contribution in [0.25, 0.3) is 0 Å². The molecule has 0 saturated carbocycles. The van der Waals surface area contributed by atoms with Gasteiger partial charge in [0.25, 0.3) is 5.91 Å². The third-order valence-corrected chi connectivity index (χ3v) is 5.01. The van der Waals surface area contributed by atoms with Crippen LogP contribution in [0.5, 0.6) is 17.2 Å². The van der Waals surface area contributed by atoms with Crippen LogP contribution in [0.1, 0.15) is 27.0 Å². The number of aromatic hydroxyl groups is 2. The second-order valence-electron chi connectivity index (χ2n) is 6.63. The summed E-state index contributed by atoms with van der Waals surface area (Å²) in [5, 5.41) is 20.2.